The van der Waals surface area contributed by atoms with E-state index in [-0.39, 0.29) is 12.5 Å². The molecule has 2 heterocycles. The number of hydrazine groups is 1. The van der Waals surface area contributed by atoms with Crippen LogP contribution in [0.4, 0.5) is 4.79 Å². The summed E-state index contributed by atoms with van der Waals surface area (Å²) in [5, 5.41) is 3.58. The molecule has 0 spiro atoms. The molecule has 180 valence electrons. The summed E-state index contributed by atoms with van der Waals surface area (Å²) in [5.41, 5.74) is 5.11. The maximum atomic E-state index is 12.9. The van der Waals surface area contributed by atoms with Crippen molar-refractivity contribution in [1.82, 2.24) is 25.6 Å². The Morgan fingerprint density at radius 3 is 2.35 bits per heavy atom. The Hall–Kier alpha value is -3.23. The second-order valence-corrected chi connectivity index (χ2v) is 9.46. The van der Waals surface area contributed by atoms with Crippen LogP contribution >= 0.6 is 0 Å². The zero-order valence-corrected chi connectivity index (χ0v) is 19.9. The Bertz CT molecular complexity index is 1040. The molecule has 2 saturated heterocycles. The molecule has 2 fully saturated rings. The molecule has 2 N–H and O–H groups in total. The van der Waals surface area contributed by atoms with E-state index in [0.29, 0.717) is 12.8 Å². The third kappa shape index (κ3) is 5.81. The molecule has 34 heavy (non-hydrogen) atoms. The van der Waals surface area contributed by atoms with E-state index < -0.39 is 17.5 Å². The van der Waals surface area contributed by atoms with Gasteiger partial charge in [0.15, 0.2) is 0 Å². The van der Waals surface area contributed by atoms with E-state index in [0.717, 1.165) is 43.3 Å². The third-order valence-electron chi connectivity index (χ3n) is 6.57. The number of benzene rings is 2. The van der Waals surface area contributed by atoms with Crippen molar-refractivity contribution in [3.05, 3.63) is 71.3 Å². The number of urea groups is 1. The first-order valence-corrected chi connectivity index (χ1v) is 11.8. The molecule has 2 aliphatic heterocycles. The van der Waals surface area contributed by atoms with Gasteiger partial charge in [0, 0.05) is 32.7 Å². The highest BCUT2D eigenvalue weighted by Gasteiger charge is 2.48. The summed E-state index contributed by atoms with van der Waals surface area (Å²) in [4.78, 5) is 42.4. The molecule has 0 aromatic heterocycles. The van der Waals surface area contributed by atoms with Gasteiger partial charge in [-0.2, -0.15) is 5.01 Å². The van der Waals surface area contributed by atoms with Gasteiger partial charge in [-0.3, -0.25) is 24.8 Å². The minimum atomic E-state index is -1.04. The molecular formula is C26H33N5O3. The highest BCUT2D eigenvalue weighted by molar-refractivity contribution is 6.07. The molecule has 8 nitrogen and oxygen atoms in total. The Labute approximate surface area is 200 Å². The fourth-order valence-corrected chi connectivity index (χ4v) is 4.53. The molecule has 2 aliphatic rings. The number of carbonyl (C=O) groups is 3. The van der Waals surface area contributed by atoms with Gasteiger partial charge in [0.25, 0.3) is 11.8 Å². The topological polar surface area (TPSA) is 85.0 Å². The summed E-state index contributed by atoms with van der Waals surface area (Å²) in [6.45, 7) is 8.08. The van der Waals surface area contributed by atoms with Crippen molar-refractivity contribution in [3.8, 4) is 0 Å². The van der Waals surface area contributed by atoms with Gasteiger partial charge in [-0.25, -0.2) is 4.79 Å². The van der Waals surface area contributed by atoms with Crippen molar-refractivity contribution in [2.24, 2.45) is 0 Å². The molecule has 1 atom stereocenters. The predicted molar refractivity (Wildman–Crippen MR) is 130 cm³/mol. The van der Waals surface area contributed by atoms with Crippen molar-refractivity contribution in [2.45, 2.75) is 38.8 Å². The molecule has 4 rings (SSSR count). The standard InChI is InChI=1S/C26H33N5O3/c1-20-7-6-10-22(17-20)18-29-13-15-30(16-14-29)19-23(32)28-31-24(33)26(2,27-25(31)34)12-11-21-8-4-3-5-9-21/h3-10,17H,11-16,18-19H2,1-2H3,(H,27,34)(H,28,32)/t26-/m0/s1. The highest BCUT2D eigenvalue weighted by atomic mass is 16.2. The van der Waals surface area contributed by atoms with Crippen molar-refractivity contribution >= 4 is 17.8 Å². The van der Waals surface area contributed by atoms with E-state index in [4.69, 9.17) is 0 Å². The summed E-state index contributed by atoms with van der Waals surface area (Å²) < 4.78 is 0. The lowest BCUT2D eigenvalue weighted by Gasteiger charge is -2.34. The monoisotopic (exact) mass is 463 g/mol. The van der Waals surface area contributed by atoms with Crippen LogP contribution in [0, 0.1) is 6.92 Å². The second kappa shape index (κ2) is 10.4. The Balaban J connectivity index is 1.23. The van der Waals surface area contributed by atoms with E-state index in [2.05, 4.69) is 51.7 Å². The number of carbonyl (C=O) groups excluding carboxylic acids is 3. The molecule has 0 bridgehead atoms. The summed E-state index contributed by atoms with van der Waals surface area (Å²) >= 11 is 0. The Morgan fingerprint density at radius 2 is 1.65 bits per heavy atom. The molecular weight excluding hydrogens is 430 g/mol. The predicted octanol–water partition coefficient (Wildman–Crippen LogP) is 2.09. The van der Waals surface area contributed by atoms with Crippen molar-refractivity contribution in [3.63, 3.8) is 0 Å². The minimum absolute atomic E-state index is 0.149. The lowest BCUT2D eigenvalue weighted by molar-refractivity contribution is -0.139. The summed E-state index contributed by atoms with van der Waals surface area (Å²) in [6.07, 6.45) is 1.11. The van der Waals surface area contributed by atoms with Crippen molar-refractivity contribution < 1.29 is 14.4 Å². The number of nitrogens with one attached hydrogen (secondary N) is 2. The van der Waals surface area contributed by atoms with Gasteiger partial charge in [0.05, 0.1) is 6.54 Å². The largest absolute Gasteiger partial charge is 0.344 e. The fourth-order valence-electron chi connectivity index (χ4n) is 4.53. The maximum Gasteiger partial charge on any atom is 0.344 e. The molecule has 0 radical (unpaired) electrons. The first-order chi connectivity index (χ1) is 16.3. The first-order valence-electron chi connectivity index (χ1n) is 11.8. The van der Waals surface area contributed by atoms with Gasteiger partial charge >= 0.3 is 6.03 Å². The van der Waals surface area contributed by atoms with Gasteiger partial charge in [0.2, 0.25) is 0 Å². The Kier molecular flexibility index (Phi) is 7.29. The smallest absolute Gasteiger partial charge is 0.322 e. The van der Waals surface area contributed by atoms with Crippen LogP contribution in [0.5, 0.6) is 0 Å². The van der Waals surface area contributed by atoms with Gasteiger partial charge < -0.3 is 5.32 Å². The van der Waals surface area contributed by atoms with E-state index in [1.54, 1.807) is 6.92 Å². The van der Waals surface area contributed by atoms with E-state index >= 15 is 0 Å². The van der Waals surface area contributed by atoms with Gasteiger partial charge in [-0.15, -0.1) is 0 Å². The van der Waals surface area contributed by atoms with E-state index in [1.807, 2.05) is 30.3 Å². The third-order valence-corrected chi connectivity index (χ3v) is 6.57. The molecule has 0 aliphatic carbocycles. The molecule has 4 amide bonds. The molecule has 0 unspecified atom stereocenters. The SMILES string of the molecule is Cc1cccc(CN2CCN(CC(=O)NN3C(=O)N[C@@](C)(CCc4ccccc4)C3=O)CC2)c1. The molecule has 2 aromatic rings. The highest BCUT2D eigenvalue weighted by Crippen LogP contribution is 2.22. The van der Waals surface area contributed by atoms with Crippen molar-refractivity contribution in [1.29, 1.82) is 0 Å². The van der Waals surface area contributed by atoms with Crippen LogP contribution in [0.1, 0.15) is 30.0 Å². The number of amides is 4. The number of nitrogens with zero attached hydrogens (tertiary/aromatic N) is 3. The van der Waals surface area contributed by atoms with Crippen LogP contribution in [0.3, 0.4) is 0 Å². The number of piperazine rings is 1. The molecule has 8 heteroatoms. The normalized spacial score (nSPS) is 21.5. The summed E-state index contributed by atoms with van der Waals surface area (Å²) in [5.74, 6) is -0.785. The van der Waals surface area contributed by atoms with Crippen LogP contribution < -0.4 is 10.7 Å². The number of aryl methyl sites for hydroxylation is 2. The zero-order valence-electron chi connectivity index (χ0n) is 19.9. The van der Waals surface area contributed by atoms with Crippen LogP contribution in [0.25, 0.3) is 0 Å². The molecule has 2 aromatic carbocycles. The number of imide groups is 1. The fraction of sp³-hybridized carbons (Fsp3) is 0.423. The van der Waals surface area contributed by atoms with Gasteiger partial charge in [0.1, 0.15) is 5.54 Å². The number of rotatable bonds is 8. The van der Waals surface area contributed by atoms with Gasteiger partial charge in [-0.05, 0) is 37.8 Å². The second-order valence-electron chi connectivity index (χ2n) is 9.46. The quantitative estimate of drug-likeness (QED) is 0.586. The number of hydrogen-bond donors (Lipinski definition) is 2. The van der Waals surface area contributed by atoms with Crippen molar-refractivity contribution in [2.75, 3.05) is 32.7 Å². The first kappa shape index (κ1) is 23.9. The van der Waals surface area contributed by atoms with Crippen LogP contribution in [0.15, 0.2) is 54.6 Å². The van der Waals surface area contributed by atoms with Crippen LogP contribution in [-0.4, -0.2) is 70.9 Å². The lowest BCUT2D eigenvalue weighted by Crippen LogP contribution is -2.53. The average molecular weight is 464 g/mol. The van der Waals surface area contributed by atoms with E-state index in [1.165, 1.54) is 11.1 Å². The van der Waals surface area contributed by atoms with Crippen LogP contribution in [-0.2, 0) is 22.6 Å². The molecule has 0 saturated carbocycles. The number of hydrogen-bond acceptors (Lipinski definition) is 5. The Morgan fingerprint density at radius 1 is 0.971 bits per heavy atom. The minimum Gasteiger partial charge on any atom is -0.322 e. The summed E-state index contributed by atoms with van der Waals surface area (Å²) in [6, 6.07) is 17.7. The zero-order chi connectivity index (χ0) is 24.1. The van der Waals surface area contributed by atoms with E-state index in [9.17, 15) is 14.4 Å². The maximum absolute atomic E-state index is 12.9. The summed E-state index contributed by atoms with van der Waals surface area (Å²) in [7, 11) is 0. The lowest BCUT2D eigenvalue weighted by atomic mass is 9.93. The van der Waals surface area contributed by atoms with Gasteiger partial charge in [-0.1, -0.05) is 60.2 Å². The van der Waals surface area contributed by atoms with Crippen LogP contribution in [0.2, 0.25) is 0 Å². The average Bonchev–Trinajstić information content (AvgIpc) is 3.03.